The number of esters is 1. The van der Waals surface area contributed by atoms with Crippen molar-refractivity contribution in [2.45, 2.75) is 12.8 Å². The third-order valence-electron chi connectivity index (χ3n) is 4.27. The molecule has 7 heteroatoms. The van der Waals surface area contributed by atoms with Crippen LogP contribution >= 0.6 is 11.6 Å². The molecule has 2 aromatic rings. The van der Waals surface area contributed by atoms with E-state index in [1.807, 2.05) is 24.3 Å². The first kappa shape index (κ1) is 18.9. The van der Waals surface area contributed by atoms with Gasteiger partial charge in [-0.1, -0.05) is 29.8 Å². The number of anilines is 1. The maximum atomic E-state index is 12.3. The van der Waals surface area contributed by atoms with Crippen molar-refractivity contribution < 1.29 is 19.1 Å². The van der Waals surface area contributed by atoms with Gasteiger partial charge in [0, 0.05) is 29.4 Å². The van der Waals surface area contributed by atoms with Crippen molar-refractivity contribution in [2.75, 3.05) is 24.6 Å². The van der Waals surface area contributed by atoms with Crippen molar-refractivity contribution in [3.63, 3.8) is 0 Å². The lowest BCUT2D eigenvalue weighted by Gasteiger charge is -2.17. The number of amides is 2. The molecule has 2 amide bonds. The Labute approximate surface area is 162 Å². The highest BCUT2D eigenvalue weighted by Crippen LogP contribution is 2.27. The molecule has 0 spiro atoms. The zero-order chi connectivity index (χ0) is 19.2. The molecule has 140 valence electrons. The standard InChI is InChI=1S/C20H19ClN2O4/c21-16-7-5-15(6-8-16)20(26)22-11-9-19(25)27-13-18(24)23-12-10-14-3-1-2-4-17(14)23/h1-8H,9-13H2,(H,22,26). The minimum atomic E-state index is -0.535. The summed E-state index contributed by atoms with van der Waals surface area (Å²) in [5.74, 6) is -1.09. The van der Waals surface area contributed by atoms with Gasteiger partial charge >= 0.3 is 5.97 Å². The van der Waals surface area contributed by atoms with Crippen LogP contribution < -0.4 is 10.2 Å². The molecule has 0 saturated heterocycles. The predicted molar refractivity (Wildman–Crippen MR) is 102 cm³/mol. The lowest BCUT2D eigenvalue weighted by atomic mass is 10.2. The normalized spacial score (nSPS) is 12.4. The Balaban J connectivity index is 1.39. The van der Waals surface area contributed by atoms with Gasteiger partial charge in [-0.3, -0.25) is 14.4 Å². The highest BCUT2D eigenvalue weighted by atomic mass is 35.5. The summed E-state index contributed by atoms with van der Waals surface area (Å²) < 4.78 is 5.04. The van der Waals surface area contributed by atoms with Crippen LogP contribution in [0, 0.1) is 0 Å². The van der Waals surface area contributed by atoms with Gasteiger partial charge in [-0.25, -0.2) is 0 Å². The van der Waals surface area contributed by atoms with Gasteiger partial charge in [0.1, 0.15) is 0 Å². The number of fused-ring (bicyclic) bond motifs is 1. The van der Waals surface area contributed by atoms with E-state index in [1.165, 1.54) is 0 Å². The van der Waals surface area contributed by atoms with Crippen LogP contribution in [0.4, 0.5) is 5.69 Å². The van der Waals surface area contributed by atoms with E-state index in [2.05, 4.69) is 5.32 Å². The minimum absolute atomic E-state index is 0.0107. The number of benzene rings is 2. The molecule has 2 aromatic carbocycles. The highest BCUT2D eigenvalue weighted by molar-refractivity contribution is 6.30. The van der Waals surface area contributed by atoms with Crippen molar-refractivity contribution in [1.29, 1.82) is 0 Å². The summed E-state index contributed by atoms with van der Waals surface area (Å²) in [5.41, 5.74) is 2.44. The molecular formula is C20H19ClN2O4. The first-order valence-electron chi connectivity index (χ1n) is 8.62. The molecule has 0 fully saturated rings. The number of rotatable bonds is 6. The van der Waals surface area contributed by atoms with Gasteiger partial charge in [-0.2, -0.15) is 0 Å². The van der Waals surface area contributed by atoms with Crippen molar-refractivity contribution >= 4 is 35.1 Å². The number of nitrogens with one attached hydrogen (secondary N) is 1. The number of carbonyl (C=O) groups excluding carboxylic acids is 3. The number of carbonyl (C=O) groups is 3. The number of hydrogen-bond acceptors (Lipinski definition) is 4. The highest BCUT2D eigenvalue weighted by Gasteiger charge is 2.24. The Bertz CT molecular complexity index is 851. The van der Waals surface area contributed by atoms with E-state index in [-0.39, 0.29) is 31.4 Å². The summed E-state index contributed by atoms with van der Waals surface area (Å²) in [6, 6.07) is 14.1. The first-order chi connectivity index (χ1) is 13.0. The van der Waals surface area contributed by atoms with E-state index >= 15 is 0 Å². The number of ether oxygens (including phenoxy) is 1. The van der Waals surface area contributed by atoms with Crippen LogP contribution in [0.1, 0.15) is 22.3 Å². The summed E-state index contributed by atoms with van der Waals surface area (Å²) in [4.78, 5) is 37.6. The van der Waals surface area contributed by atoms with Gasteiger partial charge in [0.15, 0.2) is 6.61 Å². The molecule has 0 atom stereocenters. The number of hydrogen-bond donors (Lipinski definition) is 1. The fourth-order valence-corrected chi connectivity index (χ4v) is 3.00. The lowest BCUT2D eigenvalue weighted by Crippen LogP contribution is -2.33. The third kappa shape index (κ3) is 4.86. The van der Waals surface area contributed by atoms with Gasteiger partial charge < -0.3 is 15.0 Å². The van der Waals surface area contributed by atoms with E-state index in [4.69, 9.17) is 16.3 Å². The zero-order valence-electron chi connectivity index (χ0n) is 14.6. The average Bonchev–Trinajstić information content (AvgIpc) is 3.11. The summed E-state index contributed by atoms with van der Waals surface area (Å²) in [7, 11) is 0. The van der Waals surface area contributed by atoms with Gasteiger partial charge in [0.25, 0.3) is 11.8 Å². The Morgan fingerprint density at radius 3 is 2.59 bits per heavy atom. The van der Waals surface area contributed by atoms with Crippen LogP contribution in [0.2, 0.25) is 5.02 Å². The quantitative estimate of drug-likeness (QED) is 0.774. The van der Waals surface area contributed by atoms with Crippen molar-refractivity contribution in [1.82, 2.24) is 5.32 Å². The van der Waals surface area contributed by atoms with Crippen molar-refractivity contribution in [3.05, 3.63) is 64.7 Å². The topological polar surface area (TPSA) is 75.7 Å². The molecule has 0 aromatic heterocycles. The smallest absolute Gasteiger partial charge is 0.308 e. The second-order valence-electron chi connectivity index (χ2n) is 6.10. The fourth-order valence-electron chi connectivity index (χ4n) is 2.87. The van der Waals surface area contributed by atoms with Gasteiger partial charge in [-0.15, -0.1) is 0 Å². The molecule has 1 heterocycles. The van der Waals surface area contributed by atoms with E-state index in [0.717, 1.165) is 17.7 Å². The maximum Gasteiger partial charge on any atom is 0.308 e. The van der Waals surface area contributed by atoms with E-state index in [0.29, 0.717) is 17.1 Å². The molecule has 6 nitrogen and oxygen atoms in total. The van der Waals surface area contributed by atoms with Crippen LogP contribution in [0.3, 0.4) is 0 Å². The molecule has 0 unspecified atom stereocenters. The molecular weight excluding hydrogens is 368 g/mol. The Hall–Kier alpha value is -2.86. The average molecular weight is 387 g/mol. The second-order valence-corrected chi connectivity index (χ2v) is 6.53. The SMILES string of the molecule is O=C(CCNC(=O)c1ccc(Cl)cc1)OCC(=O)N1CCc2ccccc21. The monoisotopic (exact) mass is 386 g/mol. The van der Waals surface area contributed by atoms with Crippen LogP contribution in [0.5, 0.6) is 0 Å². The zero-order valence-corrected chi connectivity index (χ0v) is 15.4. The summed E-state index contributed by atoms with van der Waals surface area (Å²) in [5, 5.41) is 3.17. The summed E-state index contributed by atoms with van der Waals surface area (Å²) >= 11 is 5.77. The minimum Gasteiger partial charge on any atom is -0.455 e. The van der Waals surface area contributed by atoms with Crippen molar-refractivity contribution in [3.8, 4) is 0 Å². The van der Waals surface area contributed by atoms with Crippen LogP contribution in [0.25, 0.3) is 0 Å². The lowest BCUT2D eigenvalue weighted by molar-refractivity contribution is -0.147. The van der Waals surface area contributed by atoms with Crippen LogP contribution in [-0.2, 0) is 20.7 Å². The number of para-hydroxylation sites is 1. The summed E-state index contributed by atoms with van der Waals surface area (Å²) in [6.45, 7) is 0.409. The van der Waals surface area contributed by atoms with Crippen LogP contribution in [0.15, 0.2) is 48.5 Å². The molecule has 0 aliphatic carbocycles. The largest absolute Gasteiger partial charge is 0.455 e. The maximum absolute atomic E-state index is 12.3. The Morgan fingerprint density at radius 1 is 1.07 bits per heavy atom. The molecule has 0 radical (unpaired) electrons. The number of halogens is 1. The van der Waals surface area contributed by atoms with Crippen LogP contribution in [-0.4, -0.2) is 37.5 Å². The van der Waals surface area contributed by atoms with Gasteiger partial charge in [0.05, 0.1) is 6.42 Å². The molecule has 3 rings (SSSR count). The molecule has 1 N–H and O–H groups in total. The predicted octanol–water partition coefficient (Wildman–Crippen LogP) is 2.59. The molecule has 27 heavy (non-hydrogen) atoms. The van der Waals surface area contributed by atoms with Crippen molar-refractivity contribution in [2.24, 2.45) is 0 Å². The first-order valence-corrected chi connectivity index (χ1v) is 9.00. The molecule has 1 aliphatic heterocycles. The molecule has 0 bridgehead atoms. The van der Waals surface area contributed by atoms with Gasteiger partial charge in [0.2, 0.25) is 0 Å². The summed E-state index contributed by atoms with van der Waals surface area (Å²) in [6.07, 6.45) is 0.787. The Morgan fingerprint density at radius 2 is 1.81 bits per heavy atom. The molecule has 1 aliphatic rings. The second kappa shape index (κ2) is 8.68. The van der Waals surface area contributed by atoms with E-state index in [1.54, 1.807) is 29.2 Å². The fraction of sp³-hybridized carbons (Fsp3) is 0.250. The number of nitrogens with zero attached hydrogens (tertiary/aromatic N) is 1. The van der Waals surface area contributed by atoms with E-state index in [9.17, 15) is 14.4 Å². The Kier molecular flexibility index (Phi) is 6.08. The van der Waals surface area contributed by atoms with E-state index < -0.39 is 5.97 Å². The van der Waals surface area contributed by atoms with Gasteiger partial charge in [-0.05, 0) is 42.3 Å². The third-order valence-corrected chi connectivity index (χ3v) is 4.52. The molecule has 0 saturated carbocycles.